The highest BCUT2D eigenvalue weighted by Gasteiger charge is 2.20. The Balaban J connectivity index is 2.07. The molecule has 0 heterocycles. The number of carbonyl (C=O) groups excluding carboxylic acids is 1. The van der Waals surface area contributed by atoms with Crippen LogP contribution in [0.2, 0.25) is 5.02 Å². The molecule has 0 bridgehead atoms. The standard InChI is InChI=1S/C20H24ClNO4/c1-5-17(14-9-10-18(24-3)19(11-14)25-4)22-20(23)13(2)26-16-8-6-7-15(21)12-16/h6-13,17H,5H2,1-4H3,(H,22,23). The number of methoxy groups -OCH3 is 2. The molecule has 0 aliphatic carbocycles. The van der Waals surface area contributed by atoms with Crippen LogP contribution in [-0.2, 0) is 4.79 Å². The number of hydrogen-bond donors (Lipinski definition) is 1. The van der Waals surface area contributed by atoms with Crippen molar-refractivity contribution in [3.05, 3.63) is 53.1 Å². The maximum atomic E-state index is 12.5. The van der Waals surface area contributed by atoms with Crippen molar-refractivity contribution >= 4 is 17.5 Å². The fourth-order valence-corrected chi connectivity index (χ4v) is 2.76. The van der Waals surface area contributed by atoms with Crippen molar-refractivity contribution in [3.8, 4) is 17.2 Å². The molecule has 0 aromatic heterocycles. The molecule has 1 amide bonds. The predicted molar refractivity (Wildman–Crippen MR) is 102 cm³/mol. The van der Waals surface area contributed by atoms with E-state index in [-0.39, 0.29) is 11.9 Å². The molecule has 2 aromatic carbocycles. The summed E-state index contributed by atoms with van der Waals surface area (Å²) >= 11 is 5.95. The van der Waals surface area contributed by atoms with Crippen LogP contribution in [0.4, 0.5) is 0 Å². The molecule has 0 aliphatic heterocycles. The van der Waals surface area contributed by atoms with Crippen molar-refractivity contribution in [2.75, 3.05) is 14.2 Å². The van der Waals surface area contributed by atoms with Crippen LogP contribution >= 0.6 is 11.6 Å². The molecule has 2 atom stereocenters. The summed E-state index contributed by atoms with van der Waals surface area (Å²) in [7, 11) is 3.17. The van der Waals surface area contributed by atoms with Gasteiger partial charge in [-0.05, 0) is 49.2 Å². The zero-order valence-corrected chi connectivity index (χ0v) is 16.2. The molecular weight excluding hydrogens is 354 g/mol. The average molecular weight is 378 g/mol. The molecule has 2 unspecified atom stereocenters. The second-order valence-corrected chi connectivity index (χ2v) is 6.24. The molecule has 0 saturated carbocycles. The lowest BCUT2D eigenvalue weighted by molar-refractivity contribution is -0.128. The van der Waals surface area contributed by atoms with Crippen molar-refractivity contribution in [1.82, 2.24) is 5.32 Å². The monoisotopic (exact) mass is 377 g/mol. The first kappa shape index (κ1) is 19.9. The molecule has 0 aliphatic rings. The first-order valence-electron chi connectivity index (χ1n) is 8.43. The molecule has 0 spiro atoms. The van der Waals surface area contributed by atoms with Gasteiger partial charge in [0.2, 0.25) is 0 Å². The second-order valence-electron chi connectivity index (χ2n) is 5.80. The fraction of sp³-hybridized carbons (Fsp3) is 0.350. The summed E-state index contributed by atoms with van der Waals surface area (Å²) in [5.41, 5.74) is 0.938. The SMILES string of the molecule is CCC(NC(=O)C(C)Oc1cccc(Cl)c1)c1ccc(OC)c(OC)c1. The molecule has 5 nitrogen and oxygen atoms in total. The third-order valence-electron chi connectivity index (χ3n) is 4.01. The quantitative estimate of drug-likeness (QED) is 0.741. The van der Waals surface area contributed by atoms with E-state index in [1.165, 1.54) is 0 Å². The number of carbonyl (C=O) groups is 1. The van der Waals surface area contributed by atoms with Crippen LogP contribution in [0.1, 0.15) is 31.9 Å². The summed E-state index contributed by atoms with van der Waals surface area (Å²) in [6, 6.07) is 12.4. The first-order chi connectivity index (χ1) is 12.5. The van der Waals surface area contributed by atoms with E-state index in [1.807, 2.05) is 25.1 Å². The molecule has 0 saturated heterocycles. The number of amides is 1. The largest absolute Gasteiger partial charge is 0.493 e. The van der Waals surface area contributed by atoms with Crippen LogP contribution in [-0.4, -0.2) is 26.2 Å². The number of nitrogens with one attached hydrogen (secondary N) is 1. The normalized spacial score (nSPS) is 12.8. The van der Waals surface area contributed by atoms with Crippen LogP contribution < -0.4 is 19.5 Å². The van der Waals surface area contributed by atoms with Gasteiger partial charge in [0.1, 0.15) is 5.75 Å². The number of rotatable bonds is 8. The molecule has 1 N–H and O–H groups in total. The lowest BCUT2D eigenvalue weighted by Crippen LogP contribution is -2.38. The molecule has 2 aromatic rings. The van der Waals surface area contributed by atoms with E-state index in [1.54, 1.807) is 45.4 Å². The minimum Gasteiger partial charge on any atom is -0.493 e. The highest BCUT2D eigenvalue weighted by Crippen LogP contribution is 2.31. The third-order valence-corrected chi connectivity index (χ3v) is 4.25. The van der Waals surface area contributed by atoms with Crippen molar-refractivity contribution in [2.45, 2.75) is 32.4 Å². The highest BCUT2D eigenvalue weighted by atomic mass is 35.5. The number of benzene rings is 2. The summed E-state index contributed by atoms with van der Waals surface area (Å²) < 4.78 is 16.3. The zero-order chi connectivity index (χ0) is 19.1. The first-order valence-corrected chi connectivity index (χ1v) is 8.80. The van der Waals surface area contributed by atoms with Gasteiger partial charge >= 0.3 is 0 Å². The number of halogens is 1. The summed E-state index contributed by atoms with van der Waals surface area (Å²) in [4.78, 5) is 12.5. The summed E-state index contributed by atoms with van der Waals surface area (Å²) in [6.45, 7) is 3.71. The Labute approximate surface area is 159 Å². The topological polar surface area (TPSA) is 56.8 Å². The van der Waals surface area contributed by atoms with Gasteiger partial charge in [-0.25, -0.2) is 0 Å². The maximum absolute atomic E-state index is 12.5. The van der Waals surface area contributed by atoms with E-state index in [2.05, 4.69) is 5.32 Å². The van der Waals surface area contributed by atoms with Crippen LogP contribution in [0.3, 0.4) is 0 Å². The predicted octanol–water partition coefficient (Wildman–Crippen LogP) is 4.39. The molecular formula is C20H24ClNO4. The van der Waals surface area contributed by atoms with Gasteiger partial charge in [-0.1, -0.05) is 30.7 Å². The molecule has 0 radical (unpaired) electrons. The van der Waals surface area contributed by atoms with Crippen molar-refractivity contribution < 1.29 is 19.0 Å². The summed E-state index contributed by atoms with van der Waals surface area (Å²) in [5, 5.41) is 3.58. The van der Waals surface area contributed by atoms with E-state index < -0.39 is 6.10 Å². The van der Waals surface area contributed by atoms with Gasteiger partial charge in [0, 0.05) is 5.02 Å². The zero-order valence-electron chi connectivity index (χ0n) is 15.4. The van der Waals surface area contributed by atoms with E-state index in [0.29, 0.717) is 22.3 Å². The average Bonchev–Trinajstić information content (AvgIpc) is 2.65. The maximum Gasteiger partial charge on any atom is 0.261 e. The van der Waals surface area contributed by atoms with Gasteiger partial charge in [0.05, 0.1) is 20.3 Å². The van der Waals surface area contributed by atoms with E-state index in [0.717, 1.165) is 12.0 Å². The molecule has 26 heavy (non-hydrogen) atoms. The van der Waals surface area contributed by atoms with Gasteiger partial charge in [-0.2, -0.15) is 0 Å². The van der Waals surface area contributed by atoms with Crippen molar-refractivity contribution in [2.24, 2.45) is 0 Å². The lowest BCUT2D eigenvalue weighted by atomic mass is 10.0. The Morgan fingerprint density at radius 1 is 1.12 bits per heavy atom. The molecule has 0 fully saturated rings. The Bertz CT molecular complexity index is 750. The van der Waals surface area contributed by atoms with Crippen molar-refractivity contribution in [3.63, 3.8) is 0 Å². The van der Waals surface area contributed by atoms with Gasteiger partial charge in [0.25, 0.3) is 5.91 Å². The van der Waals surface area contributed by atoms with Gasteiger partial charge in [0.15, 0.2) is 17.6 Å². The van der Waals surface area contributed by atoms with Crippen LogP contribution in [0.25, 0.3) is 0 Å². The van der Waals surface area contributed by atoms with Crippen LogP contribution in [0.15, 0.2) is 42.5 Å². The number of ether oxygens (including phenoxy) is 3. The van der Waals surface area contributed by atoms with Gasteiger partial charge < -0.3 is 19.5 Å². The Kier molecular flexibility index (Phi) is 7.16. The Hall–Kier alpha value is -2.40. The van der Waals surface area contributed by atoms with Gasteiger partial charge in [-0.3, -0.25) is 4.79 Å². The van der Waals surface area contributed by atoms with Gasteiger partial charge in [-0.15, -0.1) is 0 Å². The van der Waals surface area contributed by atoms with Crippen LogP contribution in [0.5, 0.6) is 17.2 Å². The molecule has 6 heteroatoms. The Morgan fingerprint density at radius 2 is 1.85 bits per heavy atom. The smallest absolute Gasteiger partial charge is 0.261 e. The van der Waals surface area contributed by atoms with Crippen molar-refractivity contribution in [1.29, 1.82) is 0 Å². The Morgan fingerprint density at radius 3 is 2.46 bits per heavy atom. The summed E-state index contributed by atoms with van der Waals surface area (Å²) in [6.07, 6.45) is 0.0770. The minimum atomic E-state index is -0.650. The fourth-order valence-electron chi connectivity index (χ4n) is 2.58. The molecule has 2 rings (SSSR count). The summed E-state index contributed by atoms with van der Waals surface area (Å²) in [5.74, 6) is 1.63. The van der Waals surface area contributed by atoms with Crippen LogP contribution in [0, 0.1) is 0 Å². The highest BCUT2D eigenvalue weighted by molar-refractivity contribution is 6.30. The van der Waals surface area contributed by atoms with E-state index in [9.17, 15) is 4.79 Å². The lowest BCUT2D eigenvalue weighted by Gasteiger charge is -2.22. The van der Waals surface area contributed by atoms with E-state index in [4.69, 9.17) is 25.8 Å². The molecule has 140 valence electrons. The third kappa shape index (κ3) is 5.05. The van der Waals surface area contributed by atoms with E-state index >= 15 is 0 Å². The second kappa shape index (κ2) is 9.34. The number of hydrogen-bond acceptors (Lipinski definition) is 4. The minimum absolute atomic E-state index is 0.160.